The zero-order chi connectivity index (χ0) is 12.3. The van der Waals surface area contributed by atoms with Crippen molar-refractivity contribution in [2.24, 2.45) is 7.05 Å². The molecule has 0 aliphatic heterocycles. The van der Waals surface area contributed by atoms with Gasteiger partial charge < -0.3 is 9.30 Å². The van der Waals surface area contributed by atoms with Gasteiger partial charge in [-0.15, -0.1) is 10.2 Å². The molecule has 0 aliphatic carbocycles. The van der Waals surface area contributed by atoms with E-state index in [1.807, 2.05) is 13.1 Å². The van der Waals surface area contributed by atoms with Gasteiger partial charge in [0.15, 0.2) is 11.6 Å². The SMILES string of the molecule is CC(=O)c1cccc(OCc2nncn2C)c1. The quantitative estimate of drug-likeness (QED) is 0.750. The average molecular weight is 231 g/mol. The third-order valence-electron chi connectivity index (χ3n) is 2.41. The van der Waals surface area contributed by atoms with Crippen LogP contribution in [0.1, 0.15) is 23.1 Å². The normalized spacial score (nSPS) is 10.2. The van der Waals surface area contributed by atoms with Crippen molar-refractivity contribution in [1.82, 2.24) is 14.8 Å². The average Bonchev–Trinajstić information content (AvgIpc) is 2.72. The molecule has 0 radical (unpaired) electrons. The molecule has 5 heteroatoms. The lowest BCUT2D eigenvalue weighted by Crippen LogP contribution is -2.03. The highest BCUT2D eigenvalue weighted by Crippen LogP contribution is 2.14. The van der Waals surface area contributed by atoms with E-state index in [2.05, 4.69) is 10.2 Å². The molecule has 0 amide bonds. The molecule has 88 valence electrons. The van der Waals surface area contributed by atoms with Crippen molar-refractivity contribution < 1.29 is 9.53 Å². The van der Waals surface area contributed by atoms with E-state index in [4.69, 9.17) is 4.74 Å². The van der Waals surface area contributed by atoms with Crippen LogP contribution in [0.15, 0.2) is 30.6 Å². The fourth-order valence-corrected chi connectivity index (χ4v) is 1.39. The molecule has 0 bridgehead atoms. The minimum Gasteiger partial charge on any atom is -0.486 e. The van der Waals surface area contributed by atoms with Crippen molar-refractivity contribution in [3.8, 4) is 5.75 Å². The zero-order valence-electron chi connectivity index (χ0n) is 9.75. The summed E-state index contributed by atoms with van der Waals surface area (Å²) < 4.78 is 7.33. The van der Waals surface area contributed by atoms with Crippen LogP contribution in [0.2, 0.25) is 0 Å². The fraction of sp³-hybridized carbons (Fsp3) is 0.250. The van der Waals surface area contributed by atoms with Gasteiger partial charge in [-0.1, -0.05) is 12.1 Å². The van der Waals surface area contributed by atoms with Gasteiger partial charge in [0.25, 0.3) is 0 Å². The summed E-state index contributed by atoms with van der Waals surface area (Å²) in [4.78, 5) is 11.2. The molecular weight excluding hydrogens is 218 g/mol. The molecule has 2 aromatic rings. The number of carbonyl (C=O) groups is 1. The van der Waals surface area contributed by atoms with Crippen LogP contribution in [-0.2, 0) is 13.7 Å². The molecule has 1 aromatic heterocycles. The third kappa shape index (κ3) is 2.69. The summed E-state index contributed by atoms with van der Waals surface area (Å²) >= 11 is 0. The first-order valence-corrected chi connectivity index (χ1v) is 5.23. The van der Waals surface area contributed by atoms with E-state index in [0.29, 0.717) is 17.9 Å². The Kier molecular flexibility index (Phi) is 3.18. The monoisotopic (exact) mass is 231 g/mol. The molecule has 2 rings (SSSR count). The van der Waals surface area contributed by atoms with Crippen LogP contribution in [0.5, 0.6) is 5.75 Å². The first-order valence-electron chi connectivity index (χ1n) is 5.23. The Morgan fingerprint density at radius 2 is 2.29 bits per heavy atom. The second-order valence-corrected chi connectivity index (χ2v) is 3.73. The lowest BCUT2D eigenvalue weighted by atomic mass is 10.1. The number of ether oxygens (including phenoxy) is 1. The highest BCUT2D eigenvalue weighted by Gasteiger charge is 2.04. The number of aryl methyl sites for hydroxylation is 1. The molecule has 1 aromatic carbocycles. The molecule has 0 unspecified atom stereocenters. The van der Waals surface area contributed by atoms with Gasteiger partial charge in [0.1, 0.15) is 18.7 Å². The van der Waals surface area contributed by atoms with Crippen molar-refractivity contribution in [3.63, 3.8) is 0 Å². The van der Waals surface area contributed by atoms with Crippen LogP contribution in [0.4, 0.5) is 0 Å². The minimum absolute atomic E-state index is 0.0223. The minimum atomic E-state index is 0.0223. The Bertz CT molecular complexity index is 534. The van der Waals surface area contributed by atoms with Gasteiger partial charge >= 0.3 is 0 Å². The molecule has 0 aliphatic rings. The summed E-state index contributed by atoms with van der Waals surface area (Å²) in [7, 11) is 1.85. The van der Waals surface area contributed by atoms with Crippen molar-refractivity contribution in [2.75, 3.05) is 0 Å². The number of carbonyl (C=O) groups excluding carboxylic acids is 1. The Hall–Kier alpha value is -2.17. The maximum atomic E-state index is 11.2. The number of rotatable bonds is 4. The second-order valence-electron chi connectivity index (χ2n) is 3.73. The van der Waals surface area contributed by atoms with E-state index in [9.17, 15) is 4.79 Å². The fourth-order valence-electron chi connectivity index (χ4n) is 1.39. The highest BCUT2D eigenvalue weighted by molar-refractivity contribution is 5.94. The van der Waals surface area contributed by atoms with E-state index in [1.165, 1.54) is 6.92 Å². The van der Waals surface area contributed by atoms with E-state index in [-0.39, 0.29) is 5.78 Å². The smallest absolute Gasteiger partial charge is 0.170 e. The predicted octanol–water partition coefficient (Wildman–Crippen LogP) is 1.60. The third-order valence-corrected chi connectivity index (χ3v) is 2.41. The summed E-state index contributed by atoms with van der Waals surface area (Å²) in [5.41, 5.74) is 0.639. The van der Waals surface area contributed by atoms with Crippen LogP contribution in [0.3, 0.4) is 0 Å². The van der Waals surface area contributed by atoms with Crippen LogP contribution < -0.4 is 4.74 Å². The van der Waals surface area contributed by atoms with Gasteiger partial charge in [0.05, 0.1) is 0 Å². The van der Waals surface area contributed by atoms with Crippen LogP contribution >= 0.6 is 0 Å². The van der Waals surface area contributed by atoms with E-state index >= 15 is 0 Å². The van der Waals surface area contributed by atoms with Gasteiger partial charge in [0.2, 0.25) is 0 Å². The molecular formula is C12H13N3O2. The predicted molar refractivity (Wildman–Crippen MR) is 61.8 cm³/mol. The molecule has 0 saturated heterocycles. The summed E-state index contributed by atoms with van der Waals surface area (Å²) in [5, 5.41) is 7.67. The summed E-state index contributed by atoms with van der Waals surface area (Å²) in [6.07, 6.45) is 1.62. The van der Waals surface area contributed by atoms with Crippen molar-refractivity contribution in [2.45, 2.75) is 13.5 Å². The molecule has 0 N–H and O–H groups in total. The van der Waals surface area contributed by atoms with Crippen molar-refractivity contribution >= 4 is 5.78 Å². The molecule has 0 fully saturated rings. The largest absolute Gasteiger partial charge is 0.486 e. The lowest BCUT2D eigenvalue weighted by molar-refractivity contribution is 0.101. The Morgan fingerprint density at radius 3 is 2.94 bits per heavy atom. The van der Waals surface area contributed by atoms with Gasteiger partial charge in [0, 0.05) is 12.6 Å². The first-order chi connectivity index (χ1) is 8.16. The molecule has 0 saturated carbocycles. The molecule has 0 atom stereocenters. The number of nitrogens with zero attached hydrogens (tertiary/aromatic N) is 3. The number of benzene rings is 1. The van der Waals surface area contributed by atoms with Gasteiger partial charge in [-0.2, -0.15) is 0 Å². The topological polar surface area (TPSA) is 57.0 Å². The van der Waals surface area contributed by atoms with Crippen molar-refractivity contribution in [3.05, 3.63) is 42.0 Å². The number of ketones is 1. The lowest BCUT2D eigenvalue weighted by Gasteiger charge is -2.06. The van der Waals surface area contributed by atoms with Crippen molar-refractivity contribution in [1.29, 1.82) is 0 Å². The van der Waals surface area contributed by atoms with Gasteiger partial charge in [-0.25, -0.2) is 0 Å². The maximum Gasteiger partial charge on any atom is 0.170 e. The van der Waals surface area contributed by atoms with E-state index in [1.54, 1.807) is 29.1 Å². The number of Topliss-reactive ketones (excluding diaryl/α,β-unsaturated/α-hetero) is 1. The number of hydrogen-bond acceptors (Lipinski definition) is 4. The Balaban J connectivity index is 2.07. The molecule has 5 nitrogen and oxygen atoms in total. The summed E-state index contributed by atoms with van der Waals surface area (Å²) in [5.74, 6) is 1.41. The Morgan fingerprint density at radius 1 is 1.47 bits per heavy atom. The molecule has 0 spiro atoms. The molecule has 1 heterocycles. The maximum absolute atomic E-state index is 11.2. The standard InChI is InChI=1S/C12H13N3O2/c1-9(16)10-4-3-5-11(6-10)17-7-12-14-13-8-15(12)2/h3-6,8H,7H2,1-2H3. The second kappa shape index (κ2) is 4.78. The highest BCUT2D eigenvalue weighted by atomic mass is 16.5. The molecule has 17 heavy (non-hydrogen) atoms. The number of hydrogen-bond donors (Lipinski definition) is 0. The Labute approximate surface area is 99.1 Å². The van der Waals surface area contributed by atoms with Crippen LogP contribution in [0.25, 0.3) is 0 Å². The van der Waals surface area contributed by atoms with Gasteiger partial charge in [-0.3, -0.25) is 4.79 Å². The van der Waals surface area contributed by atoms with Gasteiger partial charge in [-0.05, 0) is 19.1 Å². The zero-order valence-corrected chi connectivity index (χ0v) is 9.75. The van der Waals surface area contributed by atoms with Crippen LogP contribution in [-0.4, -0.2) is 20.5 Å². The summed E-state index contributed by atoms with van der Waals surface area (Å²) in [6, 6.07) is 7.09. The van der Waals surface area contributed by atoms with E-state index < -0.39 is 0 Å². The first kappa shape index (κ1) is 11.3. The summed E-state index contributed by atoms with van der Waals surface area (Å²) in [6.45, 7) is 1.86. The number of aromatic nitrogens is 3. The van der Waals surface area contributed by atoms with Crippen LogP contribution in [0, 0.1) is 0 Å². The van der Waals surface area contributed by atoms with E-state index in [0.717, 1.165) is 5.82 Å².